The van der Waals surface area contributed by atoms with Crippen LogP contribution in [0.25, 0.3) is 11.4 Å². The molecular formula is C21H18ClN5O2S. The maximum atomic E-state index is 12.7. The molecule has 1 unspecified atom stereocenters. The lowest BCUT2D eigenvalue weighted by Gasteiger charge is -2.13. The van der Waals surface area contributed by atoms with E-state index in [9.17, 15) is 4.79 Å². The quantitative estimate of drug-likeness (QED) is 0.418. The molecule has 1 atom stereocenters. The summed E-state index contributed by atoms with van der Waals surface area (Å²) in [5.74, 6) is 1.28. The third kappa shape index (κ3) is 4.72. The van der Waals surface area contributed by atoms with Gasteiger partial charge in [0.15, 0.2) is 11.0 Å². The van der Waals surface area contributed by atoms with Crippen LogP contribution in [0.3, 0.4) is 0 Å². The lowest BCUT2D eigenvalue weighted by atomic mass is 10.2. The molecule has 0 spiro atoms. The molecule has 0 fully saturated rings. The van der Waals surface area contributed by atoms with Gasteiger partial charge in [0.05, 0.1) is 18.1 Å². The minimum absolute atomic E-state index is 0.141. The largest absolute Gasteiger partial charge is 0.467 e. The number of benzene rings is 1. The molecule has 3 heterocycles. The van der Waals surface area contributed by atoms with Gasteiger partial charge in [-0.2, -0.15) is 0 Å². The van der Waals surface area contributed by atoms with E-state index in [0.29, 0.717) is 28.2 Å². The van der Waals surface area contributed by atoms with Crippen molar-refractivity contribution in [3.8, 4) is 11.4 Å². The highest BCUT2D eigenvalue weighted by atomic mass is 35.5. The van der Waals surface area contributed by atoms with Crippen molar-refractivity contribution in [3.63, 3.8) is 0 Å². The number of hydrogen-bond donors (Lipinski definition) is 1. The molecule has 152 valence electrons. The first-order valence-corrected chi connectivity index (χ1v) is 10.4. The number of carbonyl (C=O) groups excluding carboxylic acids is 1. The first-order valence-electron chi connectivity index (χ1n) is 9.19. The Kier molecular flexibility index (Phi) is 6.15. The van der Waals surface area contributed by atoms with Crippen LogP contribution in [-0.2, 0) is 11.3 Å². The van der Waals surface area contributed by atoms with E-state index in [4.69, 9.17) is 16.0 Å². The number of hydrogen-bond acceptors (Lipinski definition) is 6. The number of amides is 1. The number of furan rings is 1. The van der Waals surface area contributed by atoms with E-state index in [2.05, 4.69) is 20.5 Å². The van der Waals surface area contributed by atoms with Crippen LogP contribution in [0, 0.1) is 0 Å². The standard InChI is InChI=1S/C21H18ClN5O2S/c1-14(20(28)24-17-8-6-16(22)7-9-17)30-21-26-25-19(15-4-2-10-23-12-15)27(21)13-18-5-3-11-29-18/h2-12,14H,13H2,1H3,(H,24,28). The van der Waals surface area contributed by atoms with Gasteiger partial charge in [0.2, 0.25) is 5.91 Å². The first-order chi connectivity index (χ1) is 14.6. The van der Waals surface area contributed by atoms with Crippen LogP contribution in [0.2, 0.25) is 5.02 Å². The third-order valence-electron chi connectivity index (χ3n) is 4.29. The summed E-state index contributed by atoms with van der Waals surface area (Å²) in [5.41, 5.74) is 1.52. The van der Waals surface area contributed by atoms with E-state index in [1.165, 1.54) is 11.8 Å². The number of pyridine rings is 1. The van der Waals surface area contributed by atoms with Crippen molar-refractivity contribution in [1.29, 1.82) is 0 Å². The molecule has 1 aromatic carbocycles. The average Bonchev–Trinajstić information content (AvgIpc) is 3.41. The zero-order valence-corrected chi connectivity index (χ0v) is 17.6. The summed E-state index contributed by atoms with van der Waals surface area (Å²) in [6, 6.07) is 14.5. The zero-order chi connectivity index (χ0) is 20.9. The smallest absolute Gasteiger partial charge is 0.237 e. The van der Waals surface area contributed by atoms with Crippen LogP contribution in [0.4, 0.5) is 5.69 Å². The van der Waals surface area contributed by atoms with Crippen LogP contribution < -0.4 is 5.32 Å². The van der Waals surface area contributed by atoms with Crippen LogP contribution in [0.1, 0.15) is 12.7 Å². The predicted octanol–water partition coefficient (Wildman–Crippen LogP) is 4.75. The third-order valence-corrected chi connectivity index (χ3v) is 5.63. The number of carbonyl (C=O) groups is 1. The maximum Gasteiger partial charge on any atom is 0.237 e. The maximum absolute atomic E-state index is 12.7. The molecule has 0 aliphatic heterocycles. The lowest BCUT2D eigenvalue weighted by Crippen LogP contribution is -2.23. The first kappa shape index (κ1) is 20.2. The number of anilines is 1. The van der Waals surface area contributed by atoms with Gasteiger partial charge in [0, 0.05) is 28.7 Å². The Morgan fingerprint density at radius 3 is 2.73 bits per heavy atom. The average molecular weight is 440 g/mol. The highest BCUT2D eigenvalue weighted by Crippen LogP contribution is 2.28. The molecule has 4 aromatic rings. The molecule has 0 saturated heterocycles. The Labute approximate surface area is 182 Å². The Bertz CT molecular complexity index is 1110. The van der Waals surface area contributed by atoms with Gasteiger partial charge in [-0.15, -0.1) is 10.2 Å². The topological polar surface area (TPSA) is 85.8 Å². The summed E-state index contributed by atoms with van der Waals surface area (Å²) in [4.78, 5) is 16.8. The minimum Gasteiger partial charge on any atom is -0.467 e. The molecule has 30 heavy (non-hydrogen) atoms. The summed E-state index contributed by atoms with van der Waals surface area (Å²) in [6.45, 7) is 2.27. The van der Waals surface area contributed by atoms with Crippen molar-refractivity contribution in [1.82, 2.24) is 19.7 Å². The number of nitrogens with zero attached hydrogens (tertiary/aromatic N) is 4. The van der Waals surface area contributed by atoms with E-state index in [-0.39, 0.29) is 5.91 Å². The second-order valence-electron chi connectivity index (χ2n) is 6.47. The van der Waals surface area contributed by atoms with Gasteiger partial charge < -0.3 is 9.73 Å². The molecule has 0 aliphatic rings. The van der Waals surface area contributed by atoms with Gasteiger partial charge >= 0.3 is 0 Å². The number of halogens is 1. The van der Waals surface area contributed by atoms with Crippen molar-refractivity contribution in [3.05, 3.63) is 78.0 Å². The fourth-order valence-corrected chi connectivity index (χ4v) is 3.75. The molecule has 0 bridgehead atoms. The van der Waals surface area contributed by atoms with E-state index < -0.39 is 5.25 Å². The molecule has 9 heteroatoms. The Hall–Kier alpha value is -3.10. The van der Waals surface area contributed by atoms with Crippen LogP contribution in [-0.4, -0.2) is 30.9 Å². The van der Waals surface area contributed by atoms with Crippen molar-refractivity contribution >= 4 is 35.0 Å². The molecule has 0 aliphatic carbocycles. The summed E-state index contributed by atoms with van der Waals surface area (Å²) >= 11 is 7.23. The monoisotopic (exact) mass is 439 g/mol. The Balaban J connectivity index is 1.56. The normalized spacial score (nSPS) is 11.9. The Morgan fingerprint density at radius 1 is 1.20 bits per heavy atom. The van der Waals surface area contributed by atoms with E-state index in [1.54, 1.807) is 42.9 Å². The minimum atomic E-state index is -0.401. The molecule has 7 nitrogen and oxygen atoms in total. The van der Waals surface area contributed by atoms with Gasteiger partial charge in [-0.05, 0) is 55.5 Å². The van der Waals surface area contributed by atoms with Crippen molar-refractivity contribution in [2.24, 2.45) is 0 Å². The predicted molar refractivity (Wildman–Crippen MR) is 116 cm³/mol. The fourth-order valence-electron chi connectivity index (χ4n) is 2.77. The highest BCUT2D eigenvalue weighted by molar-refractivity contribution is 8.00. The van der Waals surface area contributed by atoms with Crippen LogP contribution >= 0.6 is 23.4 Å². The van der Waals surface area contributed by atoms with Gasteiger partial charge in [-0.3, -0.25) is 14.3 Å². The summed E-state index contributed by atoms with van der Waals surface area (Å²) < 4.78 is 7.43. The van der Waals surface area contributed by atoms with E-state index in [1.807, 2.05) is 35.8 Å². The number of aromatic nitrogens is 4. The molecular weight excluding hydrogens is 422 g/mol. The van der Waals surface area contributed by atoms with Gasteiger partial charge in [-0.25, -0.2) is 0 Å². The lowest BCUT2D eigenvalue weighted by molar-refractivity contribution is -0.115. The van der Waals surface area contributed by atoms with E-state index >= 15 is 0 Å². The second kappa shape index (κ2) is 9.15. The van der Waals surface area contributed by atoms with Crippen LogP contribution in [0.5, 0.6) is 0 Å². The van der Waals surface area contributed by atoms with Gasteiger partial charge in [0.1, 0.15) is 5.76 Å². The summed E-state index contributed by atoms with van der Waals surface area (Å²) in [7, 11) is 0. The van der Waals surface area contributed by atoms with E-state index in [0.717, 1.165) is 11.3 Å². The van der Waals surface area contributed by atoms with Crippen molar-refractivity contribution < 1.29 is 9.21 Å². The van der Waals surface area contributed by atoms with Gasteiger partial charge in [-0.1, -0.05) is 23.4 Å². The molecule has 0 saturated carbocycles. The molecule has 1 N–H and O–H groups in total. The summed E-state index contributed by atoms with van der Waals surface area (Å²) in [6.07, 6.45) is 5.06. The number of thioether (sulfide) groups is 1. The molecule has 3 aromatic heterocycles. The SMILES string of the molecule is CC(Sc1nnc(-c2cccnc2)n1Cc1ccco1)C(=O)Nc1ccc(Cl)cc1. The summed E-state index contributed by atoms with van der Waals surface area (Å²) in [5, 5.41) is 12.4. The Morgan fingerprint density at radius 2 is 2.03 bits per heavy atom. The second-order valence-corrected chi connectivity index (χ2v) is 8.21. The zero-order valence-electron chi connectivity index (χ0n) is 16.0. The molecule has 1 amide bonds. The van der Waals surface area contributed by atoms with Crippen molar-refractivity contribution in [2.75, 3.05) is 5.32 Å². The van der Waals surface area contributed by atoms with Gasteiger partial charge in [0.25, 0.3) is 0 Å². The van der Waals surface area contributed by atoms with Crippen molar-refractivity contribution in [2.45, 2.75) is 23.9 Å². The fraction of sp³-hybridized carbons (Fsp3) is 0.143. The highest BCUT2D eigenvalue weighted by Gasteiger charge is 2.22. The number of nitrogens with one attached hydrogen (secondary N) is 1. The molecule has 0 radical (unpaired) electrons. The molecule has 4 rings (SSSR count). The van der Waals surface area contributed by atoms with Crippen LogP contribution in [0.15, 0.2) is 76.8 Å². The number of rotatable bonds is 7.